The van der Waals surface area contributed by atoms with Crippen LogP contribution in [0.15, 0.2) is 12.1 Å². The second-order valence-electron chi connectivity index (χ2n) is 12.5. The van der Waals surface area contributed by atoms with Crippen molar-refractivity contribution in [3.05, 3.63) is 23.3 Å². The molecule has 1 N–H and O–H groups in total. The molecule has 3 rings (SSSR count). The van der Waals surface area contributed by atoms with Crippen molar-refractivity contribution in [2.24, 2.45) is 5.41 Å². The fourth-order valence-corrected chi connectivity index (χ4v) is 5.16. The minimum atomic E-state index is -1.12. The molecule has 0 radical (unpaired) electrons. The Labute approximate surface area is 264 Å². The lowest BCUT2D eigenvalue weighted by atomic mass is 9.85. The fraction of sp³-hybridized carbons (Fsp3) is 0.688. The quantitative estimate of drug-likeness (QED) is 0.202. The summed E-state index contributed by atoms with van der Waals surface area (Å²) in [5.41, 5.74) is 1.93. The van der Waals surface area contributed by atoms with E-state index >= 15 is 0 Å². The van der Waals surface area contributed by atoms with Gasteiger partial charge in [0.2, 0.25) is 0 Å². The van der Waals surface area contributed by atoms with Gasteiger partial charge in [0.15, 0.2) is 30.4 Å². The van der Waals surface area contributed by atoms with E-state index in [1.807, 2.05) is 39.8 Å². The second kappa shape index (κ2) is 15.4. The SMILES string of the molecule is CC(=O)O[C@@H]1[C@@H](OC(C)=O)[C@H](OCCCCOc2cc(C)c(NC(=O)C3OC(C)(C)OCC3(C)C)c(C)c2)OC[C@H]1OC(C)=O. The highest BCUT2D eigenvalue weighted by Crippen LogP contribution is 2.36. The molecule has 2 heterocycles. The first-order valence-corrected chi connectivity index (χ1v) is 15.1. The lowest BCUT2D eigenvalue weighted by Gasteiger charge is -2.44. The van der Waals surface area contributed by atoms with E-state index in [4.69, 9.17) is 37.9 Å². The zero-order valence-corrected chi connectivity index (χ0v) is 27.7. The van der Waals surface area contributed by atoms with Crippen LogP contribution in [0.3, 0.4) is 0 Å². The van der Waals surface area contributed by atoms with E-state index in [2.05, 4.69) is 5.32 Å². The van der Waals surface area contributed by atoms with Crippen molar-refractivity contribution >= 4 is 29.5 Å². The second-order valence-corrected chi connectivity index (χ2v) is 12.5. The number of carbonyl (C=O) groups excluding carboxylic acids is 4. The zero-order chi connectivity index (χ0) is 33.5. The molecular formula is C32H47NO12. The van der Waals surface area contributed by atoms with Crippen LogP contribution in [0.4, 0.5) is 5.69 Å². The Kier molecular flexibility index (Phi) is 12.4. The summed E-state index contributed by atoms with van der Waals surface area (Å²) in [7, 11) is 0. The van der Waals surface area contributed by atoms with E-state index in [0.29, 0.717) is 37.5 Å². The van der Waals surface area contributed by atoms with Gasteiger partial charge in [0, 0.05) is 31.9 Å². The number of anilines is 1. The number of hydrogen-bond acceptors (Lipinski definition) is 12. The number of benzene rings is 1. The van der Waals surface area contributed by atoms with Gasteiger partial charge in [-0.2, -0.15) is 0 Å². The van der Waals surface area contributed by atoms with Gasteiger partial charge in [-0.25, -0.2) is 0 Å². The molecule has 45 heavy (non-hydrogen) atoms. The van der Waals surface area contributed by atoms with Crippen LogP contribution >= 0.6 is 0 Å². The van der Waals surface area contributed by atoms with Gasteiger partial charge in [0.1, 0.15) is 11.9 Å². The van der Waals surface area contributed by atoms with Crippen molar-refractivity contribution in [3.8, 4) is 5.75 Å². The predicted octanol–water partition coefficient (Wildman–Crippen LogP) is 3.75. The largest absolute Gasteiger partial charge is 0.494 e. The predicted molar refractivity (Wildman–Crippen MR) is 160 cm³/mol. The molecule has 0 saturated carbocycles. The molecule has 1 amide bonds. The van der Waals surface area contributed by atoms with Gasteiger partial charge in [0.05, 0.1) is 26.4 Å². The van der Waals surface area contributed by atoms with Gasteiger partial charge in [-0.1, -0.05) is 13.8 Å². The van der Waals surface area contributed by atoms with Crippen LogP contribution in [0.2, 0.25) is 0 Å². The molecular weight excluding hydrogens is 590 g/mol. The minimum absolute atomic E-state index is 0.101. The van der Waals surface area contributed by atoms with Crippen LogP contribution in [-0.2, 0) is 52.3 Å². The molecule has 0 aromatic heterocycles. The van der Waals surface area contributed by atoms with Gasteiger partial charge in [0.25, 0.3) is 5.91 Å². The van der Waals surface area contributed by atoms with Gasteiger partial charge >= 0.3 is 17.9 Å². The Bertz CT molecular complexity index is 1210. The summed E-state index contributed by atoms with van der Waals surface area (Å²) < 4.78 is 45.1. The number of carbonyl (C=O) groups is 4. The Morgan fingerprint density at radius 2 is 1.44 bits per heavy atom. The maximum absolute atomic E-state index is 13.2. The molecule has 2 aliphatic rings. The molecule has 13 heteroatoms. The minimum Gasteiger partial charge on any atom is -0.494 e. The molecule has 1 aromatic carbocycles. The smallest absolute Gasteiger partial charge is 0.303 e. The van der Waals surface area contributed by atoms with Crippen molar-refractivity contribution in [3.63, 3.8) is 0 Å². The average molecular weight is 638 g/mol. The Morgan fingerprint density at radius 1 is 0.867 bits per heavy atom. The van der Waals surface area contributed by atoms with Crippen molar-refractivity contribution in [2.75, 3.05) is 31.7 Å². The number of esters is 3. The summed E-state index contributed by atoms with van der Waals surface area (Å²) >= 11 is 0. The van der Waals surface area contributed by atoms with E-state index in [9.17, 15) is 19.2 Å². The van der Waals surface area contributed by atoms with Crippen LogP contribution in [-0.4, -0.2) is 86.7 Å². The number of aryl methyl sites for hydroxylation is 2. The molecule has 1 unspecified atom stereocenters. The third-order valence-electron chi connectivity index (χ3n) is 7.29. The first-order valence-electron chi connectivity index (χ1n) is 15.1. The van der Waals surface area contributed by atoms with Gasteiger partial charge < -0.3 is 43.2 Å². The van der Waals surface area contributed by atoms with Crippen molar-refractivity contribution in [2.45, 2.75) is 112 Å². The van der Waals surface area contributed by atoms with Crippen LogP contribution in [0.25, 0.3) is 0 Å². The Morgan fingerprint density at radius 3 is 2.04 bits per heavy atom. The third kappa shape index (κ3) is 10.4. The van der Waals surface area contributed by atoms with Gasteiger partial charge in [-0.15, -0.1) is 0 Å². The summed E-state index contributed by atoms with van der Waals surface area (Å²) in [5, 5.41) is 3.04. The Hall–Kier alpha value is -3.26. The standard InChI is InChI=1S/C32H47NO12/c1-18-14-23(15-19(2)25(18)33-29(37)28-31(6,7)17-41-32(8,9)45-28)38-12-10-11-13-39-30-27(44-22(5)36)26(43-21(4)35)24(16-40-30)42-20(3)34/h14-15,24,26-28,30H,10-13,16-17H2,1-9H3,(H,33,37)/t24-,26+,27-,28?,30-/m1/s1. The van der Waals surface area contributed by atoms with Crippen molar-refractivity contribution in [1.82, 2.24) is 0 Å². The topological polar surface area (TPSA) is 154 Å². The van der Waals surface area contributed by atoms with Crippen molar-refractivity contribution in [1.29, 1.82) is 0 Å². The molecule has 2 fully saturated rings. The van der Waals surface area contributed by atoms with Crippen molar-refractivity contribution < 1.29 is 57.1 Å². The maximum Gasteiger partial charge on any atom is 0.303 e. The summed E-state index contributed by atoms with van der Waals surface area (Å²) in [6.45, 7) is 15.9. The first-order chi connectivity index (χ1) is 21.0. The van der Waals surface area contributed by atoms with Crippen LogP contribution < -0.4 is 10.1 Å². The third-order valence-corrected chi connectivity index (χ3v) is 7.29. The van der Waals surface area contributed by atoms with Crippen LogP contribution in [0.1, 0.15) is 72.4 Å². The highest BCUT2D eigenvalue weighted by Gasteiger charge is 2.48. The zero-order valence-electron chi connectivity index (χ0n) is 27.7. The lowest BCUT2D eigenvalue weighted by Crippen LogP contribution is -2.58. The number of nitrogens with one attached hydrogen (secondary N) is 1. The number of ether oxygens (including phenoxy) is 8. The molecule has 5 atom stereocenters. The van der Waals surface area contributed by atoms with E-state index in [0.717, 1.165) is 11.1 Å². The lowest BCUT2D eigenvalue weighted by molar-refractivity contribution is -0.303. The van der Waals surface area contributed by atoms with Crippen LogP contribution in [0.5, 0.6) is 5.75 Å². The monoisotopic (exact) mass is 637 g/mol. The molecule has 0 aliphatic carbocycles. The molecule has 0 bridgehead atoms. The van der Waals surface area contributed by atoms with E-state index in [-0.39, 0.29) is 19.1 Å². The van der Waals surface area contributed by atoms with Crippen LogP contribution in [0, 0.1) is 19.3 Å². The first kappa shape index (κ1) is 36.2. The number of hydrogen-bond donors (Lipinski definition) is 1. The molecule has 252 valence electrons. The van der Waals surface area contributed by atoms with E-state index < -0.39 is 59.8 Å². The number of unbranched alkanes of at least 4 members (excludes halogenated alkanes) is 1. The number of amides is 1. The highest BCUT2D eigenvalue weighted by atomic mass is 16.7. The molecule has 0 spiro atoms. The maximum atomic E-state index is 13.2. The summed E-state index contributed by atoms with van der Waals surface area (Å²) in [6, 6.07) is 3.74. The fourth-order valence-electron chi connectivity index (χ4n) is 5.16. The highest BCUT2D eigenvalue weighted by molar-refractivity contribution is 5.96. The number of rotatable bonds is 12. The summed E-state index contributed by atoms with van der Waals surface area (Å²) in [5.74, 6) is -2.27. The molecule has 1 aromatic rings. The molecule has 2 saturated heterocycles. The van der Waals surface area contributed by atoms with E-state index in [1.54, 1.807) is 13.8 Å². The molecule has 2 aliphatic heterocycles. The van der Waals surface area contributed by atoms with E-state index in [1.165, 1.54) is 20.8 Å². The summed E-state index contributed by atoms with van der Waals surface area (Å²) in [6.07, 6.45) is -3.64. The molecule has 13 nitrogen and oxygen atoms in total. The van der Waals surface area contributed by atoms with Gasteiger partial charge in [-0.3, -0.25) is 19.2 Å². The normalized spacial score (nSPS) is 25.5. The average Bonchev–Trinajstić information content (AvgIpc) is 2.91. The Balaban J connectivity index is 1.51. The summed E-state index contributed by atoms with van der Waals surface area (Å²) in [4.78, 5) is 48.3. The van der Waals surface area contributed by atoms with Gasteiger partial charge in [-0.05, 0) is 63.8 Å².